The summed E-state index contributed by atoms with van der Waals surface area (Å²) in [5.74, 6) is -0.225. The van der Waals surface area contributed by atoms with E-state index in [1.807, 2.05) is 13.8 Å². The molecule has 4 heterocycles. The normalized spacial score (nSPS) is 15.4. The molecule has 0 radical (unpaired) electrons. The highest BCUT2D eigenvalue weighted by molar-refractivity contribution is 6.07. The Morgan fingerprint density at radius 2 is 2.03 bits per heavy atom. The first kappa shape index (κ1) is 25.2. The van der Waals surface area contributed by atoms with Crippen LogP contribution in [0.5, 0.6) is 0 Å². The van der Waals surface area contributed by atoms with Crippen molar-refractivity contribution in [2.24, 2.45) is 12.5 Å². The lowest BCUT2D eigenvalue weighted by Crippen LogP contribution is -2.34. The number of amides is 2. The number of hydrogen-bond acceptors (Lipinski definition) is 7. The van der Waals surface area contributed by atoms with Crippen molar-refractivity contribution in [3.63, 3.8) is 0 Å². The van der Waals surface area contributed by atoms with Crippen LogP contribution in [-0.2, 0) is 11.8 Å². The number of nitrogens with zero attached hydrogens (tertiary/aromatic N) is 5. The zero-order chi connectivity index (χ0) is 26.1. The van der Waals surface area contributed by atoms with Crippen molar-refractivity contribution in [1.82, 2.24) is 19.7 Å². The van der Waals surface area contributed by atoms with E-state index in [9.17, 15) is 22.8 Å². The quantitative estimate of drug-likeness (QED) is 0.470. The Morgan fingerprint density at radius 1 is 1.28 bits per heavy atom. The zero-order valence-electron chi connectivity index (χ0n) is 20.0. The number of alkyl halides is 3. The van der Waals surface area contributed by atoms with Crippen molar-refractivity contribution >= 4 is 29.1 Å². The van der Waals surface area contributed by atoms with Gasteiger partial charge in [0.1, 0.15) is 24.3 Å². The van der Waals surface area contributed by atoms with Crippen LogP contribution in [0.3, 0.4) is 0 Å². The van der Waals surface area contributed by atoms with Crippen LogP contribution in [0.2, 0.25) is 0 Å². The molecule has 0 unspecified atom stereocenters. The Bertz CT molecular complexity index is 1260. The first-order valence-corrected chi connectivity index (χ1v) is 11.4. The minimum Gasteiger partial charge on any atom is -0.444 e. The number of aromatic nitrogens is 4. The van der Waals surface area contributed by atoms with Gasteiger partial charge in [0, 0.05) is 25.4 Å². The molecule has 36 heavy (non-hydrogen) atoms. The number of halogens is 3. The number of oxazole rings is 1. The van der Waals surface area contributed by atoms with Crippen LogP contribution in [0.4, 0.5) is 30.5 Å². The van der Waals surface area contributed by atoms with Crippen molar-refractivity contribution < 1.29 is 27.2 Å². The molecule has 1 fully saturated rings. The predicted octanol–water partition coefficient (Wildman–Crippen LogP) is 4.24. The maximum absolute atomic E-state index is 13.2. The fraction of sp³-hybridized carbons (Fsp3) is 0.435. The van der Waals surface area contributed by atoms with Gasteiger partial charge in [-0.3, -0.25) is 19.2 Å². The smallest absolute Gasteiger partial charge is 0.405 e. The average Bonchev–Trinajstić information content (AvgIpc) is 3.55. The third kappa shape index (κ3) is 5.04. The molecule has 3 aromatic heterocycles. The summed E-state index contributed by atoms with van der Waals surface area (Å²) in [6.45, 7) is 3.24. The number of pyridine rings is 1. The van der Waals surface area contributed by atoms with Gasteiger partial charge in [-0.25, -0.2) is 9.97 Å². The van der Waals surface area contributed by atoms with Gasteiger partial charge < -0.3 is 15.1 Å². The van der Waals surface area contributed by atoms with Gasteiger partial charge in [-0.2, -0.15) is 18.3 Å². The summed E-state index contributed by atoms with van der Waals surface area (Å²) in [6, 6.07) is 2.84. The standard InChI is InChI=1S/C23H26F3N7O3/c1-4-22(5-2)7-9-33(21(22)35)18-15(11-32(3)31-18)29-19(34)16-12-36-20(30-16)14-6-8-27-17(10-14)28-13-23(24,25)26/h6,8,10-12H,4-5,7,9,13H2,1-3H3,(H,27,28)(H,29,34). The number of nitrogens with one attached hydrogen (secondary N) is 2. The van der Waals surface area contributed by atoms with Gasteiger partial charge in [-0.15, -0.1) is 0 Å². The molecule has 3 aromatic rings. The van der Waals surface area contributed by atoms with Crippen LogP contribution in [0.25, 0.3) is 11.5 Å². The van der Waals surface area contributed by atoms with Crippen molar-refractivity contribution in [3.8, 4) is 11.5 Å². The van der Waals surface area contributed by atoms with E-state index in [1.165, 1.54) is 23.0 Å². The molecule has 192 valence electrons. The van der Waals surface area contributed by atoms with Crippen molar-refractivity contribution in [2.45, 2.75) is 39.3 Å². The lowest BCUT2D eigenvalue weighted by Gasteiger charge is -2.24. The number of hydrogen-bond donors (Lipinski definition) is 2. The molecule has 1 saturated heterocycles. The minimum absolute atomic E-state index is 0.0143. The summed E-state index contributed by atoms with van der Waals surface area (Å²) in [6.07, 6.45) is 1.80. The molecule has 0 atom stereocenters. The molecule has 4 rings (SSSR count). The molecule has 0 saturated carbocycles. The number of rotatable bonds is 8. The predicted molar refractivity (Wildman–Crippen MR) is 125 cm³/mol. The largest absolute Gasteiger partial charge is 0.444 e. The third-order valence-corrected chi connectivity index (χ3v) is 6.39. The maximum atomic E-state index is 13.2. The van der Waals surface area contributed by atoms with E-state index in [1.54, 1.807) is 18.1 Å². The minimum atomic E-state index is -4.40. The summed E-state index contributed by atoms with van der Waals surface area (Å²) in [4.78, 5) is 35.7. The van der Waals surface area contributed by atoms with Gasteiger partial charge in [-0.05, 0) is 31.4 Å². The van der Waals surface area contributed by atoms with Gasteiger partial charge in [0.15, 0.2) is 11.5 Å². The zero-order valence-corrected chi connectivity index (χ0v) is 20.0. The van der Waals surface area contributed by atoms with Gasteiger partial charge >= 0.3 is 6.18 Å². The average molecular weight is 506 g/mol. The lowest BCUT2D eigenvalue weighted by atomic mass is 9.81. The van der Waals surface area contributed by atoms with E-state index >= 15 is 0 Å². The van der Waals surface area contributed by atoms with Crippen LogP contribution >= 0.6 is 0 Å². The van der Waals surface area contributed by atoms with E-state index in [0.717, 1.165) is 19.1 Å². The molecule has 13 heteroatoms. The van der Waals surface area contributed by atoms with Gasteiger partial charge in [0.05, 0.1) is 11.6 Å². The third-order valence-electron chi connectivity index (χ3n) is 6.39. The maximum Gasteiger partial charge on any atom is 0.405 e. The topological polar surface area (TPSA) is 118 Å². The Morgan fingerprint density at radius 3 is 2.69 bits per heavy atom. The highest BCUT2D eigenvalue weighted by Crippen LogP contribution is 2.41. The summed E-state index contributed by atoms with van der Waals surface area (Å²) in [7, 11) is 1.69. The van der Waals surface area contributed by atoms with E-state index in [2.05, 4.69) is 25.7 Å². The van der Waals surface area contributed by atoms with Crippen LogP contribution in [0.15, 0.2) is 35.2 Å². The summed E-state index contributed by atoms with van der Waals surface area (Å²) in [5, 5.41) is 9.31. The number of carbonyl (C=O) groups is 2. The van der Waals surface area contributed by atoms with Gasteiger partial charge in [0.2, 0.25) is 11.8 Å². The number of carbonyl (C=O) groups excluding carboxylic acids is 2. The fourth-order valence-corrected chi connectivity index (χ4v) is 4.24. The molecule has 0 aromatic carbocycles. The first-order chi connectivity index (χ1) is 17.0. The Labute approximate surface area is 204 Å². The van der Waals surface area contributed by atoms with Crippen LogP contribution in [-0.4, -0.2) is 50.8 Å². The molecule has 1 aliphatic rings. The SMILES string of the molecule is CCC1(CC)CCN(c2nn(C)cc2NC(=O)c2coc(-c3ccnc(NCC(F)(F)F)c3)n2)C1=O. The van der Waals surface area contributed by atoms with Crippen LogP contribution in [0, 0.1) is 5.41 Å². The number of aryl methyl sites for hydroxylation is 1. The van der Waals surface area contributed by atoms with Crippen LogP contribution < -0.4 is 15.5 Å². The second-order valence-corrected chi connectivity index (χ2v) is 8.62. The Hall–Kier alpha value is -3.90. The Kier molecular flexibility index (Phi) is 6.74. The molecule has 0 bridgehead atoms. The van der Waals surface area contributed by atoms with E-state index < -0.39 is 24.0 Å². The Balaban J connectivity index is 1.50. The van der Waals surface area contributed by atoms with E-state index in [4.69, 9.17) is 4.42 Å². The number of anilines is 3. The molecule has 1 aliphatic heterocycles. The monoisotopic (exact) mass is 505 g/mol. The van der Waals surface area contributed by atoms with Crippen molar-refractivity contribution in [1.29, 1.82) is 0 Å². The highest BCUT2D eigenvalue weighted by atomic mass is 19.4. The van der Waals surface area contributed by atoms with Crippen molar-refractivity contribution in [2.75, 3.05) is 28.6 Å². The summed E-state index contributed by atoms with van der Waals surface area (Å²) >= 11 is 0. The van der Waals surface area contributed by atoms with Gasteiger partial charge in [-0.1, -0.05) is 13.8 Å². The molecule has 0 aliphatic carbocycles. The second kappa shape index (κ2) is 9.63. The van der Waals surface area contributed by atoms with E-state index in [0.29, 0.717) is 30.0 Å². The summed E-state index contributed by atoms with van der Waals surface area (Å²) < 4.78 is 44.3. The molecule has 10 nitrogen and oxygen atoms in total. The van der Waals surface area contributed by atoms with E-state index in [-0.39, 0.29) is 23.3 Å². The molecule has 0 spiro atoms. The molecule has 2 amide bonds. The molecule has 2 N–H and O–H groups in total. The molecular formula is C23H26F3N7O3. The lowest BCUT2D eigenvalue weighted by molar-refractivity contribution is -0.126. The first-order valence-electron chi connectivity index (χ1n) is 11.4. The second-order valence-electron chi connectivity index (χ2n) is 8.62. The highest BCUT2D eigenvalue weighted by Gasteiger charge is 2.45. The van der Waals surface area contributed by atoms with Gasteiger partial charge in [0.25, 0.3) is 5.91 Å². The van der Waals surface area contributed by atoms with Crippen LogP contribution in [0.1, 0.15) is 43.6 Å². The summed E-state index contributed by atoms with van der Waals surface area (Å²) in [5.41, 5.74) is 0.212. The molecular weight excluding hydrogens is 479 g/mol. The van der Waals surface area contributed by atoms with Crippen molar-refractivity contribution in [3.05, 3.63) is 36.5 Å². The fourth-order valence-electron chi connectivity index (χ4n) is 4.24.